The summed E-state index contributed by atoms with van der Waals surface area (Å²) in [6, 6.07) is 6.89. The van der Waals surface area contributed by atoms with Crippen molar-refractivity contribution in [1.82, 2.24) is 0 Å². The molecular weight excluding hydrogens is 254 g/mol. The highest BCUT2D eigenvalue weighted by Crippen LogP contribution is 2.24. The standard InChI is InChI=1S/C15H17NO2Si/c1-16-13-6-7-14-12(5-8-15(17)18-14)11(13)9-10-19(2,3)4/h5-8,16H,1-4H3. The molecule has 2 rings (SSSR count). The molecule has 0 aliphatic carbocycles. The molecule has 19 heavy (non-hydrogen) atoms. The summed E-state index contributed by atoms with van der Waals surface area (Å²) in [5.74, 6) is 3.25. The molecule has 1 N–H and O–H groups in total. The lowest BCUT2D eigenvalue weighted by Gasteiger charge is -2.08. The van der Waals surface area contributed by atoms with Gasteiger partial charge in [-0.15, -0.1) is 5.54 Å². The van der Waals surface area contributed by atoms with Crippen LogP contribution >= 0.6 is 0 Å². The third-order valence-corrected chi connectivity index (χ3v) is 3.51. The molecule has 3 nitrogen and oxygen atoms in total. The average molecular weight is 271 g/mol. The Morgan fingerprint density at radius 2 is 1.89 bits per heavy atom. The Morgan fingerprint density at radius 1 is 1.16 bits per heavy atom. The molecule has 1 aromatic carbocycles. The second kappa shape index (κ2) is 4.94. The molecule has 0 unspecified atom stereocenters. The van der Waals surface area contributed by atoms with Crippen molar-refractivity contribution in [3.63, 3.8) is 0 Å². The van der Waals surface area contributed by atoms with Crippen molar-refractivity contribution in [1.29, 1.82) is 0 Å². The Kier molecular flexibility index (Phi) is 3.50. The molecule has 0 atom stereocenters. The molecule has 1 heterocycles. The lowest BCUT2D eigenvalue weighted by molar-refractivity contribution is 0.561. The Labute approximate surface area is 113 Å². The van der Waals surface area contributed by atoms with E-state index in [-0.39, 0.29) is 5.63 Å². The maximum absolute atomic E-state index is 11.3. The first-order valence-electron chi connectivity index (χ1n) is 6.18. The van der Waals surface area contributed by atoms with E-state index in [4.69, 9.17) is 4.42 Å². The molecule has 0 aliphatic heterocycles. The van der Waals surface area contributed by atoms with Crippen molar-refractivity contribution >= 4 is 24.7 Å². The van der Waals surface area contributed by atoms with E-state index in [1.165, 1.54) is 6.07 Å². The van der Waals surface area contributed by atoms with Gasteiger partial charge >= 0.3 is 5.63 Å². The molecule has 0 aliphatic rings. The minimum atomic E-state index is -1.46. The molecule has 98 valence electrons. The molecule has 2 aromatic rings. The fraction of sp³-hybridized carbons (Fsp3) is 0.267. The molecule has 0 spiro atoms. The topological polar surface area (TPSA) is 42.2 Å². The monoisotopic (exact) mass is 271 g/mol. The van der Waals surface area contributed by atoms with Gasteiger partial charge in [-0.1, -0.05) is 25.6 Å². The van der Waals surface area contributed by atoms with Crippen LogP contribution in [0.2, 0.25) is 19.6 Å². The summed E-state index contributed by atoms with van der Waals surface area (Å²) in [6.45, 7) is 6.60. The van der Waals surface area contributed by atoms with Crippen LogP contribution in [0.15, 0.2) is 33.5 Å². The third kappa shape index (κ3) is 3.07. The van der Waals surface area contributed by atoms with Gasteiger partial charge < -0.3 is 9.73 Å². The summed E-state index contributed by atoms with van der Waals surface area (Å²) in [7, 11) is 0.406. The molecule has 0 radical (unpaired) electrons. The normalized spacial score (nSPS) is 10.9. The van der Waals surface area contributed by atoms with Crippen molar-refractivity contribution in [2.75, 3.05) is 12.4 Å². The van der Waals surface area contributed by atoms with E-state index in [2.05, 4.69) is 36.4 Å². The van der Waals surface area contributed by atoms with Crippen LogP contribution in [0.3, 0.4) is 0 Å². The lowest BCUT2D eigenvalue weighted by atomic mass is 10.1. The molecule has 1 aromatic heterocycles. The molecule has 0 bridgehead atoms. The number of hydrogen-bond donors (Lipinski definition) is 1. The smallest absolute Gasteiger partial charge is 0.336 e. The maximum atomic E-state index is 11.3. The van der Waals surface area contributed by atoms with Gasteiger partial charge in [-0.25, -0.2) is 4.79 Å². The average Bonchev–Trinajstić information content (AvgIpc) is 2.34. The predicted octanol–water partition coefficient (Wildman–Crippen LogP) is 3.06. The maximum Gasteiger partial charge on any atom is 0.336 e. The van der Waals surface area contributed by atoms with E-state index in [0.717, 1.165) is 16.6 Å². The first kappa shape index (κ1) is 13.4. The zero-order valence-corrected chi connectivity index (χ0v) is 12.6. The number of hydrogen-bond acceptors (Lipinski definition) is 3. The number of fused-ring (bicyclic) bond motifs is 1. The van der Waals surface area contributed by atoms with Gasteiger partial charge in [0.2, 0.25) is 0 Å². The van der Waals surface area contributed by atoms with Gasteiger partial charge in [-0.2, -0.15) is 0 Å². The minimum Gasteiger partial charge on any atom is -0.423 e. The van der Waals surface area contributed by atoms with E-state index in [1.54, 1.807) is 12.1 Å². The first-order chi connectivity index (χ1) is 8.90. The van der Waals surface area contributed by atoms with E-state index in [1.807, 2.05) is 13.1 Å². The number of rotatable bonds is 1. The lowest BCUT2D eigenvalue weighted by Crippen LogP contribution is -2.16. The van der Waals surface area contributed by atoms with Crippen LogP contribution in [-0.2, 0) is 0 Å². The van der Waals surface area contributed by atoms with Crippen LogP contribution in [0.25, 0.3) is 11.0 Å². The van der Waals surface area contributed by atoms with E-state index in [9.17, 15) is 4.79 Å². The van der Waals surface area contributed by atoms with Gasteiger partial charge in [0, 0.05) is 18.5 Å². The highest BCUT2D eigenvalue weighted by Gasteiger charge is 2.10. The van der Waals surface area contributed by atoms with Crippen molar-refractivity contribution in [2.45, 2.75) is 19.6 Å². The van der Waals surface area contributed by atoms with Gasteiger partial charge in [0.1, 0.15) is 13.7 Å². The number of nitrogens with one attached hydrogen (secondary N) is 1. The van der Waals surface area contributed by atoms with Gasteiger partial charge in [0.25, 0.3) is 0 Å². The highest BCUT2D eigenvalue weighted by atomic mass is 28.3. The SMILES string of the molecule is CNc1ccc2oc(=O)ccc2c1C#C[Si](C)(C)C. The molecule has 0 amide bonds. The van der Waals surface area contributed by atoms with E-state index in [0.29, 0.717) is 5.58 Å². The predicted molar refractivity (Wildman–Crippen MR) is 82.3 cm³/mol. The zero-order valence-electron chi connectivity index (χ0n) is 11.6. The fourth-order valence-corrected chi connectivity index (χ4v) is 2.24. The van der Waals surface area contributed by atoms with Crippen LogP contribution in [0.1, 0.15) is 5.56 Å². The van der Waals surface area contributed by atoms with E-state index < -0.39 is 8.07 Å². The van der Waals surface area contributed by atoms with Gasteiger partial charge in [-0.05, 0) is 18.2 Å². The third-order valence-electron chi connectivity index (χ3n) is 2.63. The Morgan fingerprint density at radius 3 is 2.53 bits per heavy atom. The molecule has 4 heteroatoms. The van der Waals surface area contributed by atoms with Gasteiger partial charge in [-0.3, -0.25) is 0 Å². The quantitative estimate of drug-likeness (QED) is 0.492. The number of anilines is 1. The molecular formula is C15H17NO2Si. The van der Waals surface area contributed by atoms with Crippen LogP contribution in [0, 0.1) is 11.5 Å². The summed E-state index contributed by atoms with van der Waals surface area (Å²) in [6.07, 6.45) is 0. The van der Waals surface area contributed by atoms with Crippen LogP contribution in [0.5, 0.6) is 0 Å². The van der Waals surface area contributed by atoms with Crippen LogP contribution in [-0.4, -0.2) is 15.1 Å². The summed E-state index contributed by atoms with van der Waals surface area (Å²) in [5, 5.41) is 4.00. The second-order valence-corrected chi connectivity index (χ2v) is 10.2. The molecule has 0 saturated heterocycles. The molecule has 0 saturated carbocycles. The minimum absolute atomic E-state index is 0.339. The van der Waals surface area contributed by atoms with Gasteiger partial charge in [0.05, 0.1) is 11.3 Å². The Hall–Kier alpha value is -1.99. The van der Waals surface area contributed by atoms with Crippen molar-refractivity contribution in [2.24, 2.45) is 0 Å². The molecule has 0 fully saturated rings. The van der Waals surface area contributed by atoms with Crippen molar-refractivity contribution < 1.29 is 4.42 Å². The largest absolute Gasteiger partial charge is 0.423 e. The zero-order chi connectivity index (χ0) is 14.0. The van der Waals surface area contributed by atoms with Crippen molar-refractivity contribution in [3.05, 3.63) is 40.2 Å². The number of benzene rings is 1. The second-order valence-electron chi connectivity index (χ2n) is 5.40. The van der Waals surface area contributed by atoms with E-state index >= 15 is 0 Å². The van der Waals surface area contributed by atoms with Crippen LogP contribution < -0.4 is 10.9 Å². The summed E-state index contributed by atoms with van der Waals surface area (Å²) in [4.78, 5) is 11.3. The highest BCUT2D eigenvalue weighted by molar-refractivity contribution is 6.83. The van der Waals surface area contributed by atoms with Crippen LogP contribution in [0.4, 0.5) is 5.69 Å². The van der Waals surface area contributed by atoms with Gasteiger partial charge in [0.15, 0.2) is 0 Å². The summed E-state index contributed by atoms with van der Waals surface area (Å²) >= 11 is 0. The summed E-state index contributed by atoms with van der Waals surface area (Å²) < 4.78 is 5.19. The fourth-order valence-electron chi connectivity index (χ4n) is 1.74. The Bertz CT molecular complexity index is 730. The summed E-state index contributed by atoms with van der Waals surface area (Å²) in [5.41, 5.74) is 5.43. The van der Waals surface area contributed by atoms with Crippen molar-refractivity contribution in [3.8, 4) is 11.5 Å². The first-order valence-corrected chi connectivity index (χ1v) is 9.68. The Balaban J connectivity index is 2.74.